The number of hydrogen-bond acceptors (Lipinski definition) is 3. The number of nitrogens with one attached hydrogen (secondary N) is 1. The fourth-order valence-corrected chi connectivity index (χ4v) is 1.98. The fourth-order valence-electron chi connectivity index (χ4n) is 1.98. The predicted molar refractivity (Wildman–Crippen MR) is 60.7 cm³/mol. The van der Waals surface area contributed by atoms with Crippen LogP contribution in [0.5, 0.6) is 0 Å². The lowest BCUT2D eigenvalue weighted by Gasteiger charge is -2.21. The van der Waals surface area contributed by atoms with Gasteiger partial charge in [0.25, 0.3) is 0 Å². The highest BCUT2D eigenvalue weighted by atomic mass is 16.5. The number of carbonyl (C=O) groups excluding carboxylic acids is 1. The van der Waals surface area contributed by atoms with Crippen LogP contribution >= 0.6 is 0 Å². The van der Waals surface area contributed by atoms with Crippen LogP contribution in [0.1, 0.15) is 45.4 Å². The summed E-state index contributed by atoms with van der Waals surface area (Å²) in [5.41, 5.74) is 0. The summed E-state index contributed by atoms with van der Waals surface area (Å²) in [5.74, 6) is 0.517. The summed E-state index contributed by atoms with van der Waals surface area (Å²) in [5, 5.41) is 3.05. The Bertz CT molecular complexity index is 176. The van der Waals surface area contributed by atoms with Gasteiger partial charge in [0.05, 0.1) is 13.2 Å². The second-order valence-electron chi connectivity index (χ2n) is 4.36. The van der Waals surface area contributed by atoms with Crippen LogP contribution in [0.3, 0.4) is 0 Å². The molecule has 0 spiro atoms. The second kappa shape index (κ2) is 7.69. The Morgan fingerprint density at radius 1 is 1.33 bits per heavy atom. The maximum absolute atomic E-state index is 11.3. The Hall–Kier alpha value is -0.570. The Labute approximate surface area is 92.6 Å². The molecule has 88 valence electrons. The third-order valence-corrected chi connectivity index (χ3v) is 2.90. The van der Waals surface area contributed by atoms with Crippen molar-refractivity contribution in [2.24, 2.45) is 5.92 Å². The summed E-state index contributed by atoms with van der Waals surface area (Å²) in [6.07, 6.45) is 7.47. The first-order valence-electron chi connectivity index (χ1n) is 6.19. The number of ether oxygens (including phenoxy) is 1. The van der Waals surface area contributed by atoms with Gasteiger partial charge >= 0.3 is 5.97 Å². The lowest BCUT2D eigenvalue weighted by molar-refractivity contribution is -0.144. The maximum atomic E-state index is 11.3. The number of rotatable bonds is 6. The van der Waals surface area contributed by atoms with E-state index < -0.39 is 0 Å². The van der Waals surface area contributed by atoms with Gasteiger partial charge in [-0.2, -0.15) is 0 Å². The smallest absolute Gasteiger partial charge is 0.319 e. The van der Waals surface area contributed by atoms with Crippen molar-refractivity contribution in [1.82, 2.24) is 5.32 Å². The third kappa shape index (κ3) is 5.78. The normalized spacial score (nSPS) is 17.7. The van der Waals surface area contributed by atoms with E-state index in [2.05, 4.69) is 12.2 Å². The van der Waals surface area contributed by atoms with Gasteiger partial charge in [0.2, 0.25) is 0 Å². The first-order valence-corrected chi connectivity index (χ1v) is 6.19. The molecule has 1 aliphatic rings. The maximum Gasteiger partial charge on any atom is 0.319 e. The van der Waals surface area contributed by atoms with E-state index in [1.165, 1.54) is 32.1 Å². The van der Waals surface area contributed by atoms with E-state index in [0.29, 0.717) is 19.1 Å². The van der Waals surface area contributed by atoms with Crippen molar-refractivity contribution < 1.29 is 9.53 Å². The van der Waals surface area contributed by atoms with Crippen molar-refractivity contribution in [2.75, 3.05) is 19.7 Å². The van der Waals surface area contributed by atoms with Crippen molar-refractivity contribution in [3.8, 4) is 0 Å². The first-order chi connectivity index (χ1) is 7.33. The van der Waals surface area contributed by atoms with Crippen molar-refractivity contribution >= 4 is 5.97 Å². The van der Waals surface area contributed by atoms with E-state index in [0.717, 1.165) is 13.0 Å². The molecule has 0 amide bonds. The predicted octanol–water partition coefficient (Wildman–Crippen LogP) is 2.11. The molecule has 0 unspecified atom stereocenters. The molecule has 0 saturated heterocycles. The number of hydrogen-bond donors (Lipinski definition) is 1. The Morgan fingerprint density at radius 3 is 2.73 bits per heavy atom. The van der Waals surface area contributed by atoms with Gasteiger partial charge in [0.15, 0.2) is 0 Å². The third-order valence-electron chi connectivity index (χ3n) is 2.90. The number of esters is 1. The van der Waals surface area contributed by atoms with E-state index in [9.17, 15) is 4.79 Å². The Balaban J connectivity index is 2.00. The monoisotopic (exact) mass is 213 g/mol. The van der Waals surface area contributed by atoms with Crippen molar-refractivity contribution in [2.45, 2.75) is 45.4 Å². The zero-order chi connectivity index (χ0) is 10.9. The van der Waals surface area contributed by atoms with Gasteiger partial charge in [0.1, 0.15) is 0 Å². The lowest BCUT2D eigenvalue weighted by Crippen LogP contribution is -2.27. The van der Waals surface area contributed by atoms with Crippen LogP contribution in [0, 0.1) is 5.92 Å². The molecular formula is C12H23NO2. The van der Waals surface area contributed by atoms with Gasteiger partial charge in [-0.25, -0.2) is 0 Å². The summed E-state index contributed by atoms with van der Waals surface area (Å²) in [6, 6.07) is 0. The molecule has 1 N–H and O–H groups in total. The fraction of sp³-hybridized carbons (Fsp3) is 0.917. The van der Waals surface area contributed by atoms with Gasteiger partial charge in [-0.15, -0.1) is 0 Å². The van der Waals surface area contributed by atoms with E-state index >= 15 is 0 Å². The van der Waals surface area contributed by atoms with Crippen LogP contribution in [-0.4, -0.2) is 25.7 Å². The molecule has 15 heavy (non-hydrogen) atoms. The van der Waals surface area contributed by atoms with Gasteiger partial charge < -0.3 is 10.1 Å². The van der Waals surface area contributed by atoms with Crippen molar-refractivity contribution in [1.29, 1.82) is 0 Å². The molecule has 0 radical (unpaired) electrons. The van der Waals surface area contributed by atoms with Crippen LogP contribution in [-0.2, 0) is 9.53 Å². The van der Waals surface area contributed by atoms with Crippen LogP contribution < -0.4 is 5.32 Å². The van der Waals surface area contributed by atoms with E-state index in [1.54, 1.807) is 0 Å². The highest BCUT2D eigenvalue weighted by Gasteiger charge is 2.15. The molecule has 1 fully saturated rings. The Morgan fingerprint density at radius 2 is 2.07 bits per heavy atom. The van der Waals surface area contributed by atoms with Crippen molar-refractivity contribution in [3.63, 3.8) is 0 Å². The van der Waals surface area contributed by atoms with Gasteiger partial charge in [-0.1, -0.05) is 26.2 Å². The first kappa shape index (κ1) is 12.5. The largest absolute Gasteiger partial charge is 0.464 e. The van der Waals surface area contributed by atoms with Crippen LogP contribution in [0.2, 0.25) is 0 Å². The topological polar surface area (TPSA) is 38.3 Å². The van der Waals surface area contributed by atoms with Crippen LogP contribution in [0.15, 0.2) is 0 Å². The average Bonchev–Trinajstić information content (AvgIpc) is 2.28. The standard InChI is InChI=1S/C12H23NO2/c1-2-8-13-9-12(14)15-10-11-6-4-3-5-7-11/h11,13H,2-10H2,1H3. The van der Waals surface area contributed by atoms with E-state index in [1.807, 2.05) is 0 Å². The van der Waals surface area contributed by atoms with Crippen molar-refractivity contribution in [3.05, 3.63) is 0 Å². The molecular weight excluding hydrogens is 190 g/mol. The molecule has 0 bridgehead atoms. The summed E-state index contributed by atoms with van der Waals surface area (Å²) in [6.45, 7) is 3.96. The lowest BCUT2D eigenvalue weighted by atomic mass is 9.90. The SMILES string of the molecule is CCCNCC(=O)OCC1CCCCC1. The van der Waals surface area contributed by atoms with Crippen LogP contribution in [0.4, 0.5) is 0 Å². The molecule has 1 saturated carbocycles. The number of carbonyl (C=O) groups is 1. The van der Waals surface area contributed by atoms with Gasteiger partial charge in [-0.3, -0.25) is 4.79 Å². The zero-order valence-electron chi connectivity index (χ0n) is 9.76. The van der Waals surface area contributed by atoms with E-state index in [4.69, 9.17) is 4.74 Å². The minimum Gasteiger partial charge on any atom is -0.464 e. The summed E-state index contributed by atoms with van der Waals surface area (Å²) in [4.78, 5) is 11.3. The molecule has 0 aromatic carbocycles. The molecule has 0 atom stereocenters. The minimum absolute atomic E-state index is 0.103. The molecule has 3 heteroatoms. The molecule has 1 aliphatic carbocycles. The molecule has 3 nitrogen and oxygen atoms in total. The highest BCUT2D eigenvalue weighted by molar-refractivity contribution is 5.71. The summed E-state index contributed by atoms with van der Waals surface area (Å²) < 4.78 is 5.23. The quantitative estimate of drug-likeness (QED) is 0.542. The summed E-state index contributed by atoms with van der Waals surface area (Å²) >= 11 is 0. The van der Waals surface area contributed by atoms with Gasteiger partial charge in [0, 0.05) is 0 Å². The molecule has 0 heterocycles. The average molecular weight is 213 g/mol. The van der Waals surface area contributed by atoms with E-state index in [-0.39, 0.29) is 5.97 Å². The molecule has 0 aromatic rings. The highest BCUT2D eigenvalue weighted by Crippen LogP contribution is 2.23. The second-order valence-corrected chi connectivity index (χ2v) is 4.36. The van der Waals surface area contributed by atoms with Crippen LogP contribution in [0.25, 0.3) is 0 Å². The zero-order valence-corrected chi connectivity index (χ0v) is 9.76. The minimum atomic E-state index is -0.103. The Kier molecular flexibility index (Phi) is 6.41. The van der Waals surface area contributed by atoms with Gasteiger partial charge in [-0.05, 0) is 31.7 Å². The summed E-state index contributed by atoms with van der Waals surface area (Å²) in [7, 11) is 0. The molecule has 1 rings (SSSR count). The molecule has 0 aliphatic heterocycles. The molecule has 0 aromatic heterocycles.